The number of thioether (sulfide) groups is 1. The van der Waals surface area contributed by atoms with Crippen molar-refractivity contribution >= 4 is 45.0 Å². The van der Waals surface area contributed by atoms with Crippen LogP contribution >= 0.6 is 23.1 Å². The number of nitrogen functional groups attached to an aromatic ring is 1. The SMILES string of the molecule is C=CCn1c(SCc2cc(=O)n3[nH]c(N)nc3n2)nc2sc3c(c2c1=O)CCC(C)C3. The normalized spacial score (nSPS) is 16.1. The maximum atomic E-state index is 13.4. The zero-order valence-corrected chi connectivity index (χ0v) is 18.6. The molecule has 1 unspecified atom stereocenters. The van der Waals surface area contributed by atoms with Gasteiger partial charge in [-0.25, -0.2) is 9.97 Å². The summed E-state index contributed by atoms with van der Waals surface area (Å²) in [4.78, 5) is 40.9. The Labute approximate surface area is 185 Å². The minimum Gasteiger partial charge on any atom is -0.368 e. The second-order valence-corrected chi connectivity index (χ2v) is 9.78. The van der Waals surface area contributed by atoms with E-state index in [4.69, 9.17) is 10.7 Å². The fraction of sp³-hybridized carbons (Fsp3) is 0.350. The number of nitrogens with two attached hydrogens (primary N) is 1. The summed E-state index contributed by atoms with van der Waals surface area (Å²) >= 11 is 3.00. The number of hydrogen-bond acceptors (Lipinski definition) is 8. The molecule has 3 N–H and O–H groups in total. The third-order valence-electron chi connectivity index (χ3n) is 5.44. The Hall–Kier alpha value is -2.92. The van der Waals surface area contributed by atoms with E-state index in [1.165, 1.54) is 32.8 Å². The van der Waals surface area contributed by atoms with Crippen molar-refractivity contribution in [3.05, 3.63) is 55.6 Å². The maximum Gasteiger partial charge on any atom is 0.274 e. The highest BCUT2D eigenvalue weighted by Crippen LogP contribution is 2.36. The monoisotopic (exact) mass is 455 g/mol. The van der Waals surface area contributed by atoms with E-state index in [0.717, 1.165) is 29.5 Å². The van der Waals surface area contributed by atoms with Gasteiger partial charge in [-0.3, -0.25) is 19.3 Å². The molecule has 31 heavy (non-hydrogen) atoms. The number of aryl methyl sites for hydroxylation is 1. The van der Waals surface area contributed by atoms with Crippen molar-refractivity contribution in [3.8, 4) is 0 Å². The molecule has 5 rings (SSSR count). The number of allylic oxidation sites excluding steroid dienone is 1. The van der Waals surface area contributed by atoms with Crippen molar-refractivity contribution in [2.24, 2.45) is 5.92 Å². The summed E-state index contributed by atoms with van der Waals surface area (Å²) in [5.41, 5.74) is 7.01. The molecular weight excluding hydrogens is 434 g/mol. The number of aromatic amines is 1. The van der Waals surface area contributed by atoms with Gasteiger partial charge in [0.15, 0.2) is 5.16 Å². The number of nitrogens with zero attached hydrogens (tertiary/aromatic N) is 5. The maximum absolute atomic E-state index is 13.4. The highest BCUT2D eigenvalue weighted by molar-refractivity contribution is 7.98. The van der Waals surface area contributed by atoms with Gasteiger partial charge in [0.25, 0.3) is 16.9 Å². The van der Waals surface area contributed by atoms with E-state index in [0.29, 0.717) is 29.1 Å². The van der Waals surface area contributed by atoms with Gasteiger partial charge < -0.3 is 5.73 Å². The van der Waals surface area contributed by atoms with Crippen molar-refractivity contribution in [3.63, 3.8) is 0 Å². The molecule has 9 nitrogen and oxygen atoms in total. The van der Waals surface area contributed by atoms with E-state index < -0.39 is 0 Å². The smallest absolute Gasteiger partial charge is 0.274 e. The molecule has 0 spiro atoms. The molecule has 11 heteroatoms. The Morgan fingerprint density at radius 2 is 2.23 bits per heavy atom. The van der Waals surface area contributed by atoms with Crippen molar-refractivity contribution in [2.45, 2.75) is 43.6 Å². The molecule has 160 valence electrons. The van der Waals surface area contributed by atoms with E-state index in [1.54, 1.807) is 22.0 Å². The molecule has 0 saturated carbocycles. The zero-order chi connectivity index (χ0) is 21.7. The average molecular weight is 456 g/mol. The third kappa shape index (κ3) is 3.47. The van der Waals surface area contributed by atoms with E-state index in [9.17, 15) is 9.59 Å². The lowest BCUT2D eigenvalue weighted by Crippen LogP contribution is -2.23. The minimum absolute atomic E-state index is 0.0250. The van der Waals surface area contributed by atoms with Gasteiger partial charge in [-0.05, 0) is 30.7 Å². The molecular formula is C20H21N7O2S2. The van der Waals surface area contributed by atoms with Crippen molar-refractivity contribution in [2.75, 3.05) is 5.73 Å². The second-order valence-electron chi connectivity index (χ2n) is 7.75. The topological polar surface area (TPSA) is 124 Å². The van der Waals surface area contributed by atoms with Gasteiger partial charge in [0.1, 0.15) is 4.83 Å². The Bertz CT molecular complexity index is 1450. The Balaban J connectivity index is 1.54. The highest BCUT2D eigenvalue weighted by atomic mass is 32.2. The third-order valence-corrected chi connectivity index (χ3v) is 7.60. The molecule has 4 aromatic heterocycles. The van der Waals surface area contributed by atoms with Gasteiger partial charge in [0, 0.05) is 23.2 Å². The molecule has 4 aromatic rings. The Morgan fingerprint density at radius 1 is 1.39 bits per heavy atom. The summed E-state index contributed by atoms with van der Waals surface area (Å²) in [6.07, 6.45) is 4.72. The van der Waals surface area contributed by atoms with E-state index >= 15 is 0 Å². The lowest BCUT2D eigenvalue weighted by atomic mass is 9.89. The number of H-pyrrole nitrogens is 1. The van der Waals surface area contributed by atoms with Gasteiger partial charge in [0.2, 0.25) is 5.95 Å². The van der Waals surface area contributed by atoms with Crippen molar-refractivity contribution in [1.29, 1.82) is 0 Å². The molecule has 1 aliphatic rings. The lowest BCUT2D eigenvalue weighted by Gasteiger charge is -2.17. The summed E-state index contributed by atoms with van der Waals surface area (Å²) in [6, 6.07) is 1.43. The molecule has 1 atom stereocenters. The van der Waals surface area contributed by atoms with Crippen LogP contribution in [0.2, 0.25) is 0 Å². The largest absolute Gasteiger partial charge is 0.368 e. The van der Waals surface area contributed by atoms with E-state index in [-0.39, 0.29) is 22.8 Å². The average Bonchev–Trinajstić information content (AvgIpc) is 3.28. The van der Waals surface area contributed by atoms with E-state index in [2.05, 4.69) is 28.6 Å². The standard InChI is InChI=1S/C20H21N7O2S2/c1-3-6-26-17(29)15-12-5-4-10(2)7-13(12)31-16(15)23-20(26)30-9-11-8-14(28)27-19(22-11)24-18(21)25-27/h3,8,10H,1,4-7,9H2,2H3,(H3,21,22,24,25). The number of rotatable bonds is 5. The van der Waals surface area contributed by atoms with Crippen LogP contribution in [0, 0.1) is 5.92 Å². The van der Waals surface area contributed by atoms with Gasteiger partial charge in [-0.15, -0.1) is 17.9 Å². The molecule has 0 bridgehead atoms. The minimum atomic E-state index is -0.295. The van der Waals surface area contributed by atoms with Crippen LogP contribution < -0.4 is 16.9 Å². The Kier molecular flexibility index (Phi) is 4.94. The molecule has 0 fully saturated rings. The van der Waals surface area contributed by atoms with Crippen molar-refractivity contribution < 1.29 is 0 Å². The van der Waals surface area contributed by atoms with Crippen LogP contribution in [-0.2, 0) is 25.1 Å². The summed E-state index contributed by atoms with van der Waals surface area (Å²) in [7, 11) is 0. The number of thiophene rings is 1. The van der Waals surface area contributed by atoms with Crippen LogP contribution in [0.4, 0.5) is 5.95 Å². The fourth-order valence-corrected chi connectivity index (χ4v) is 6.29. The molecule has 0 aliphatic heterocycles. The first-order chi connectivity index (χ1) is 14.9. The van der Waals surface area contributed by atoms with Crippen LogP contribution in [0.25, 0.3) is 16.0 Å². The van der Waals surface area contributed by atoms with Crippen LogP contribution in [-0.4, -0.2) is 29.1 Å². The van der Waals surface area contributed by atoms with Gasteiger partial charge in [-0.1, -0.05) is 24.8 Å². The summed E-state index contributed by atoms with van der Waals surface area (Å²) in [6.45, 7) is 6.41. The van der Waals surface area contributed by atoms with Gasteiger partial charge in [0.05, 0.1) is 11.1 Å². The lowest BCUT2D eigenvalue weighted by molar-refractivity contribution is 0.509. The summed E-state index contributed by atoms with van der Waals surface area (Å²) in [5, 5.41) is 3.99. The molecule has 4 heterocycles. The van der Waals surface area contributed by atoms with Gasteiger partial charge >= 0.3 is 0 Å². The molecule has 0 aromatic carbocycles. The highest BCUT2D eigenvalue weighted by Gasteiger charge is 2.24. The van der Waals surface area contributed by atoms with Crippen molar-refractivity contribution in [1.82, 2.24) is 29.1 Å². The van der Waals surface area contributed by atoms with Crippen LogP contribution in [0.15, 0.2) is 33.5 Å². The fourth-order valence-electron chi connectivity index (χ4n) is 3.96. The second kappa shape index (κ2) is 7.65. The number of anilines is 1. The quantitative estimate of drug-likeness (QED) is 0.269. The number of nitrogens with one attached hydrogen (secondary N) is 1. The first-order valence-corrected chi connectivity index (χ1v) is 11.8. The van der Waals surface area contributed by atoms with Crippen LogP contribution in [0.5, 0.6) is 0 Å². The first kappa shape index (κ1) is 20.0. The first-order valence-electron chi connectivity index (χ1n) is 9.97. The van der Waals surface area contributed by atoms with Gasteiger partial charge in [-0.2, -0.15) is 9.50 Å². The number of fused-ring (bicyclic) bond motifs is 4. The van der Waals surface area contributed by atoms with Crippen LogP contribution in [0.3, 0.4) is 0 Å². The summed E-state index contributed by atoms with van der Waals surface area (Å²) < 4.78 is 2.85. The summed E-state index contributed by atoms with van der Waals surface area (Å²) in [5.74, 6) is 1.33. The molecule has 0 saturated heterocycles. The molecule has 1 aliphatic carbocycles. The zero-order valence-electron chi connectivity index (χ0n) is 16.9. The van der Waals surface area contributed by atoms with E-state index in [1.807, 2.05) is 0 Å². The predicted molar refractivity (Wildman–Crippen MR) is 123 cm³/mol. The number of aromatic nitrogens is 6. The number of hydrogen-bond donors (Lipinski definition) is 2. The molecule has 0 radical (unpaired) electrons. The Morgan fingerprint density at radius 3 is 3.03 bits per heavy atom. The predicted octanol–water partition coefficient (Wildman–Crippen LogP) is 2.37. The van der Waals surface area contributed by atoms with Crippen LogP contribution in [0.1, 0.15) is 29.5 Å². The molecule has 0 amide bonds.